The van der Waals surface area contributed by atoms with Crippen LogP contribution in [-0.2, 0) is 14.4 Å². The van der Waals surface area contributed by atoms with Crippen LogP contribution < -0.4 is 16.0 Å². The Hall–Kier alpha value is -2.84. The van der Waals surface area contributed by atoms with Crippen molar-refractivity contribution in [2.24, 2.45) is 11.8 Å². The summed E-state index contributed by atoms with van der Waals surface area (Å²) in [7, 11) is 0. The van der Waals surface area contributed by atoms with Gasteiger partial charge in [-0.25, -0.2) is 4.79 Å². The van der Waals surface area contributed by atoms with Crippen LogP contribution in [0.5, 0.6) is 0 Å². The summed E-state index contributed by atoms with van der Waals surface area (Å²) in [5.41, 5.74) is 0. The maximum Gasteiger partial charge on any atom is 0.326 e. The standard InChI is InChI=1S/C18H27N3O6/c1-10(2)8-12(18(25)26)20-14(22)9-19-17(24)15(11(3)4)21-16(23)13-6-5-7-27-13/h5-7,10-12,15H,8-9H2,1-4H3,(H,19,24)(H,20,22)(H,21,23)(H,25,26)/t12-,15?/m0/s1. The van der Waals surface area contributed by atoms with E-state index < -0.39 is 35.8 Å². The van der Waals surface area contributed by atoms with Crippen LogP contribution in [0.4, 0.5) is 0 Å². The average Bonchev–Trinajstić information content (AvgIpc) is 3.10. The Morgan fingerprint density at radius 1 is 1.11 bits per heavy atom. The first-order valence-corrected chi connectivity index (χ1v) is 8.76. The van der Waals surface area contributed by atoms with Gasteiger partial charge in [0.25, 0.3) is 5.91 Å². The molecule has 0 saturated carbocycles. The normalized spacial score (nSPS) is 13.1. The fourth-order valence-corrected chi connectivity index (χ4v) is 2.37. The van der Waals surface area contributed by atoms with Gasteiger partial charge in [0.15, 0.2) is 5.76 Å². The van der Waals surface area contributed by atoms with E-state index in [0.717, 1.165) is 0 Å². The van der Waals surface area contributed by atoms with Gasteiger partial charge in [-0.05, 0) is 30.4 Å². The van der Waals surface area contributed by atoms with E-state index in [-0.39, 0.29) is 30.6 Å². The zero-order chi connectivity index (χ0) is 20.6. The topological polar surface area (TPSA) is 138 Å². The van der Waals surface area contributed by atoms with E-state index in [1.54, 1.807) is 19.9 Å². The van der Waals surface area contributed by atoms with Crippen LogP contribution in [-0.4, -0.2) is 47.4 Å². The maximum atomic E-state index is 12.3. The quantitative estimate of drug-likeness (QED) is 0.472. The first kappa shape index (κ1) is 22.2. The number of carboxylic acid groups (broad SMARTS) is 1. The highest BCUT2D eigenvalue weighted by Crippen LogP contribution is 2.06. The van der Waals surface area contributed by atoms with E-state index >= 15 is 0 Å². The third-order valence-corrected chi connectivity index (χ3v) is 3.74. The number of nitrogens with one attached hydrogen (secondary N) is 3. The lowest BCUT2D eigenvalue weighted by Crippen LogP contribution is -2.52. The number of aliphatic carboxylic acids is 1. The van der Waals surface area contributed by atoms with Gasteiger partial charge in [-0.3, -0.25) is 14.4 Å². The SMILES string of the molecule is CC(C)C[C@H](NC(=O)CNC(=O)C(NC(=O)c1ccco1)C(C)C)C(=O)O. The Bertz CT molecular complexity index is 654. The predicted octanol–water partition coefficient (Wildman–Crippen LogP) is 0.766. The Balaban J connectivity index is 2.59. The summed E-state index contributed by atoms with van der Waals surface area (Å²) in [4.78, 5) is 47.5. The number of hydrogen-bond acceptors (Lipinski definition) is 5. The summed E-state index contributed by atoms with van der Waals surface area (Å²) in [5.74, 6) is -2.91. The highest BCUT2D eigenvalue weighted by molar-refractivity contribution is 5.96. The molecule has 1 rings (SSSR count). The average molecular weight is 381 g/mol. The fraction of sp³-hybridized carbons (Fsp3) is 0.556. The second-order valence-corrected chi connectivity index (χ2v) is 6.98. The minimum Gasteiger partial charge on any atom is -0.480 e. The zero-order valence-electron chi connectivity index (χ0n) is 15.9. The van der Waals surface area contributed by atoms with Crippen molar-refractivity contribution in [2.75, 3.05) is 6.54 Å². The monoisotopic (exact) mass is 381 g/mol. The van der Waals surface area contributed by atoms with E-state index in [9.17, 15) is 19.2 Å². The van der Waals surface area contributed by atoms with Gasteiger partial charge >= 0.3 is 5.97 Å². The number of amides is 3. The van der Waals surface area contributed by atoms with Gasteiger partial charge in [0, 0.05) is 0 Å². The lowest BCUT2D eigenvalue weighted by molar-refractivity contribution is -0.142. The summed E-state index contributed by atoms with van der Waals surface area (Å²) in [6.07, 6.45) is 1.63. The lowest BCUT2D eigenvalue weighted by atomic mass is 10.0. The van der Waals surface area contributed by atoms with Crippen LogP contribution in [0.2, 0.25) is 0 Å². The second-order valence-electron chi connectivity index (χ2n) is 6.98. The minimum atomic E-state index is -1.13. The van der Waals surface area contributed by atoms with Crippen molar-refractivity contribution < 1.29 is 28.7 Å². The third-order valence-electron chi connectivity index (χ3n) is 3.74. The Morgan fingerprint density at radius 2 is 1.78 bits per heavy atom. The molecular formula is C18H27N3O6. The largest absolute Gasteiger partial charge is 0.480 e. The number of rotatable bonds is 10. The molecule has 2 atom stereocenters. The van der Waals surface area contributed by atoms with Crippen molar-refractivity contribution in [1.29, 1.82) is 0 Å². The summed E-state index contributed by atoms with van der Waals surface area (Å²) >= 11 is 0. The summed E-state index contributed by atoms with van der Waals surface area (Å²) in [6, 6.07) is 1.13. The number of hydrogen-bond donors (Lipinski definition) is 4. The van der Waals surface area contributed by atoms with Crippen LogP contribution >= 0.6 is 0 Å². The van der Waals surface area contributed by atoms with Crippen LogP contribution in [0.15, 0.2) is 22.8 Å². The second kappa shape index (κ2) is 10.3. The van der Waals surface area contributed by atoms with Gasteiger partial charge < -0.3 is 25.5 Å². The molecule has 9 nitrogen and oxygen atoms in total. The Kier molecular flexibility index (Phi) is 8.50. The molecule has 3 amide bonds. The lowest BCUT2D eigenvalue weighted by Gasteiger charge is -2.21. The predicted molar refractivity (Wildman–Crippen MR) is 96.8 cm³/mol. The molecule has 0 aliphatic heterocycles. The summed E-state index contributed by atoms with van der Waals surface area (Å²) in [6.45, 7) is 6.80. The molecule has 0 aromatic carbocycles. The Morgan fingerprint density at radius 3 is 2.26 bits per heavy atom. The molecule has 1 heterocycles. The molecule has 9 heteroatoms. The molecule has 1 unspecified atom stereocenters. The van der Waals surface area contributed by atoms with Gasteiger partial charge in [-0.1, -0.05) is 27.7 Å². The van der Waals surface area contributed by atoms with Crippen LogP contribution in [0.3, 0.4) is 0 Å². The molecule has 0 bridgehead atoms. The van der Waals surface area contributed by atoms with Crippen molar-refractivity contribution in [3.05, 3.63) is 24.2 Å². The Labute approximate surface area is 157 Å². The fourth-order valence-electron chi connectivity index (χ4n) is 2.37. The van der Waals surface area contributed by atoms with Gasteiger partial charge in [0.1, 0.15) is 12.1 Å². The van der Waals surface area contributed by atoms with Crippen LogP contribution in [0.1, 0.15) is 44.7 Å². The van der Waals surface area contributed by atoms with E-state index in [1.165, 1.54) is 12.3 Å². The highest BCUT2D eigenvalue weighted by Gasteiger charge is 2.26. The molecule has 1 aromatic rings. The van der Waals surface area contributed by atoms with E-state index in [2.05, 4.69) is 16.0 Å². The number of furan rings is 1. The molecule has 0 aliphatic rings. The van der Waals surface area contributed by atoms with Crippen molar-refractivity contribution in [1.82, 2.24) is 16.0 Å². The molecule has 0 saturated heterocycles. The molecule has 1 aromatic heterocycles. The number of carboxylic acids is 1. The van der Waals surface area contributed by atoms with Crippen LogP contribution in [0.25, 0.3) is 0 Å². The summed E-state index contributed by atoms with van der Waals surface area (Å²) in [5, 5.41) is 16.5. The van der Waals surface area contributed by atoms with Gasteiger partial charge in [0.2, 0.25) is 11.8 Å². The zero-order valence-corrected chi connectivity index (χ0v) is 15.9. The maximum absolute atomic E-state index is 12.3. The van der Waals surface area contributed by atoms with E-state index in [4.69, 9.17) is 9.52 Å². The summed E-state index contributed by atoms with van der Waals surface area (Å²) < 4.78 is 4.99. The molecule has 4 N–H and O–H groups in total. The molecule has 0 radical (unpaired) electrons. The van der Waals surface area contributed by atoms with Gasteiger partial charge in [-0.2, -0.15) is 0 Å². The molecule has 150 valence electrons. The van der Waals surface area contributed by atoms with Crippen molar-refractivity contribution in [3.8, 4) is 0 Å². The van der Waals surface area contributed by atoms with Gasteiger partial charge in [-0.15, -0.1) is 0 Å². The molecule has 0 aliphatic carbocycles. The number of carbonyl (C=O) groups is 4. The first-order valence-electron chi connectivity index (χ1n) is 8.76. The van der Waals surface area contributed by atoms with E-state index in [1.807, 2.05) is 13.8 Å². The molecular weight excluding hydrogens is 354 g/mol. The first-order chi connectivity index (χ1) is 12.6. The minimum absolute atomic E-state index is 0.0733. The van der Waals surface area contributed by atoms with Crippen molar-refractivity contribution in [2.45, 2.75) is 46.2 Å². The number of carbonyl (C=O) groups excluding carboxylic acids is 3. The van der Waals surface area contributed by atoms with Gasteiger partial charge in [0.05, 0.1) is 12.8 Å². The van der Waals surface area contributed by atoms with Crippen molar-refractivity contribution in [3.63, 3.8) is 0 Å². The molecule has 27 heavy (non-hydrogen) atoms. The van der Waals surface area contributed by atoms with Crippen LogP contribution in [0, 0.1) is 11.8 Å². The smallest absolute Gasteiger partial charge is 0.326 e. The van der Waals surface area contributed by atoms with Crippen molar-refractivity contribution >= 4 is 23.7 Å². The van der Waals surface area contributed by atoms with E-state index in [0.29, 0.717) is 0 Å². The molecule has 0 spiro atoms. The third kappa shape index (κ3) is 7.51. The highest BCUT2D eigenvalue weighted by atomic mass is 16.4. The molecule has 0 fully saturated rings.